The molecule has 6 rings (SSSR count). The van der Waals surface area contributed by atoms with Crippen LogP contribution in [0.25, 0.3) is 21.5 Å². The van der Waals surface area contributed by atoms with E-state index >= 15 is 0 Å². The van der Waals surface area contributed by atoms with Crippen LogP contribution in [0.1, 0.15) is 15.9 Å². The van der Waals surface area contributed by atoms with Crippen molar-refractivity contribution in [2.24, 2.45) is 30.7 Å². The predicted octanol–water partition coefficient (Wildman–Crippen LogP) is 9.32. The molecule has 0 spiro atoms. The maximum Gasteiger partial charge on any atom is 0.337 e. The largest absolute Gasteiger partial charge is 0.505 e. The summed E-state index contributed by atoms with van der Waals surface area (Å²) in [7, 11) is -15.0. The summed E-state index contributed by atoms with van der Waals surface area (Å²) < 4.78 is 100. The first-order valence-corrected chi connectivity index (χ1v) is 20.0. The molecule has 0 fully saturated rings. The number of aromatic carboxylic acids is 1. The van der Waals surface area contributed by atoms with Crippen molar-refractivity contribution in [1.29, 1.82) is 0 Å². The lowest BCUT2D eigenvalue weighted by Gasteiger charge is -2.23. The highest BCUT2D eigenvalue weighted by Gasteiger charge is 2.30. The first kappa shape index (κ1) is 40.2. The van der Waals surface area contributed by atoms with Gasteiger partial charge in [0.2, 0.25) is 0 Å². The number of benzene rings is 6. The summed E-state index contributed by atoms with van der Waals surface area (Å²) in [5, 5.41) is 54.1. The fourth-order valence-electron chi connectivity index (χ4n) is 5.47. The van der Waals surface area contributed by atoms with E-state index < -0.39 is 96.8 Å². The molecule has 0 aliphatic rings. The van der Waals surface area contributed by atoms with E-state index in [0.717, 1.165) is 11.6 Å². The Bertz CT molecular complexity index is 2970. The molecule has 0 amide bonds. The molecule has 0 saturated carbocycles. The van der Waals surface area contributed by atoms with Crippen LogP contribution < -0.4 is 5.73 Å². The Kier molecular flexibility index (Phi) is 10.5. The molecule has 0 aliphatic carbocycles. The van der Waals surface area contributed by atoms with E-state index in [1.807, 2.05) is 6.92 Å². The number of nitrogens with two attached hydrogens (primary N) is 1. The Balaban J connectivity index is 1.52. The number of anilines is 1. The molecule has 0 saturated heterocycles. The highest BCUT2D eigenvalue weighted by atomic mass is 32.3. The minimum atomic E-state index is -5.24. The zero-order chi connectivity index (χ0) is 41.6. The van der Waals surface area contributed by atoms with E-state index in [4.69, 9.17) is 5.73 Å². The van der Waals surface area contributed by atoms with E-state index in [9.17, 15) is 59.7 Å². The fourth-order valence-corrected chi connectivity index (χ4v) is 7.50. The molecular weight excluding hydrogens is 811 g/mol. The van der Waals surface area contributed by atoms with Gasteiger partial charge in [0.1, 0.15) is 43.4 Å². The molecule has 0 unspecified atom stereocenters. The molecule has 6 aromatic carbocycles. The van der Waals surface area contributed by atoms with E-state index in [1.54, 1.807) is 24.3 Å². The Morgan fingerprint density at radius 1 is 0.596 bits per heavy atom. The third-order valence-electron chi connectivity index (χ3n) is 8.17. The lowest BCUT2D eigenvalue weighted by molar-refractivity contribution is 0.0697. The molecule has 0 aliphatic heterocycles. The van der Waals surface area contributed by atoms with E-state index in [2.05, 4.69) is 30.7 Å². The molecule has 10 N–H and O–H groups in total. The van der Waals surface area contributed by atoms with Crippen LogP contribution in [0.15, 0.2) is 130 Å². The summed E-state index contributed by atoms with van der Waals surface area (Å²) in [4.78, 5) is 8.94. The number of aromatic hydroxyl groups is 2. The fraction of sp³-hybridized carbons (Fsp3) is 0.0294. The van der Waals surface area contributed by atoms with Gasteiger partial charge in [-0.05, 0) is 66.9 Å². The van der Waals surface area contributed by atoms with Crippen molar-refractivity contribution in [3.63, 3.8) is 0 Å². The monoisotopic (exact) mass is 837 g/mol. The molecule has 0 heterocycles. The minimum Gasteiger partial charge on any atom is -0.505 e. The predicted molar refractivity (Wildman–Crippen MR) is 206 cm³/mol. The van der Waals surface area contributed by atoms with Crippen molar-refractivity contribution in [2.45, 2.75) is 21.6 Å². The van der Waals surface area contributed by atoms with Crippen LogP contribution in [0, 0.1) is 6.92 Å². The first-order chi connectivity index (χ1) is 26.6. The summed E-state index contributed by atoms with van der Waals surface area (Å²) in [6, 6.07) is 18.0. The van der Waals surface area contributed by atoms with Crippen molar-refractivity contribution >= 4 is 98.4 Å². The number of azo groups is 3. The van der Waals surface area contributed by atoms with Gasteiger partial charge in [0, 0.05) is 10.8 Å². The van der Waals surface area contributed by atoms with Crippen molar-refractivity contribution in [2.75, 3.05) is 5.73 Å². The third kappa shape index (κ3) is 8.25. The Labute approximate surface area is 322 Å². The highest BCUT2D eigenvalue weighted by Crippen LogP contribution is 2.56. The number of hydrogen-bond acceptors (Lipinski definition) is 17. The molecule has 20 nitrogen and oxygen atoms in total. The number of rotatable bonds is 10. The number of hydrogen-bond donors (Lipinski definition) is 9. The van der Waals surface area contributed by atoms with Crippen LogP contribution >= 0.6 is 10.9 Å². The lowest BCUT2D eigenvalue weighted by atomic mass is 10.0. The van der Waals surface area contributed by atoms with Crippen molar-refractivity contribution < 1.29 is 59.7 Å². The zero-order valence-corrected chi connectivity index (χ0v) is 31.1. The third-order valence-corrected chi connectivity index (χ3v) is 10.8. The van der Waals surface area contributed by atoms with Crippen LogP contribution in [0.2, 0.25) is 0 Å². The molecule has 294 valence electrons. The van der Waals surface area contributed by atoms with Crippen molar-refractivity contribution in [1.82, 2.24) is 0 Å². The maximum absolute atomic E-state index is 12.6. The normalized spacial score (nSPS) is 13.1. The van der Waals surface area contributed by atoms with Gasteiger partial charge in [-0.1, -0.05) is 35.9 Å². The summed E-state index contributed by atoms with van der Waals surface area (Å²) in [5.41, 5.74) is 4.32. The van der Waals surface area contributed by atoms with Gasteiger partial charge in [-0.3, -0.25) is 9.11 Å². The minimum absolute atomic E-state index is 0.0468. The highest BCUT2D eigenvalue weighted by molar-refractivity contribution is 8.19. The van der Waals surface area contributed by atoms with Crippen LogP contribution in [0.3, 0.4) is 0 Å². The average molecular weight is 838 g/mol. The van der Waals surface area contributed by atoms with Gasteiger partial charge in [-0.25, -0.2) is 4.79 Å². The van der Waals surface area contributed by atoms with Crippen LogP contribution in [0.5, 0.6) is 11.5 Å². The second-order valence-electron chi connectivity index (χ2n) is 12.0. The van der Waals surface area contributed by atoms with Gasteiger partial charge < -0.3 is 34.7 Å². The number of phenols is 2. The quantitative estimate of drug-likeness (QED) is 0.0352. The number of carbonyl (C=O) groups is 1. The van der Waals surface area contributed by atoms with Crippen LogP contribution in [-0.4, -0.2) is 60.9 Å². The Morgan fingerprint density at radius 2 is 1.18 bits per heavy atom. The Morgan fingerprint density at radius 3 is 1.81 bits per heavy atom. The van der Waals surface area contributed by atoms with E-state index in [0.29, 0.717) is 17.8 Å². The molecule has 23 heteroatoms. The topological polar surface area (TPSA) is 347 Å². The maximum atomic E-state index is 12.6. The summed E-state index contributed by atoms with van der Waals surface area (Å²) >= 11 is 0. The first-order valence-electron chi connectivity index (χ1n) is 15.7. The van der Waals surface area contributed by atoms with Crippen molar-refractivity contribution in [3.05, 3.63) is 96.1 Å². The number of fused-ring (bicyclic) bond motifs is 2. The summed E-state index contributed by atoms with van der Waals surface area (Å²) in [6.07, 6.45) is 0. The van der Waals surface area contributed by atoms with Crippen LogP contribution in [0.4, 0.5) is 39.8 Å². The Hall–Kier alpha value is -6.44. The molecule has 0 radical (unpaired) electrons. The van der Waals surface area contributed by atoms with E-state index in [1.165, 1.54) is 42.5 Å². The van der Waals surface area contributed by atoms with Gasteiger partial charge in [0.05, 0.1) is 32.9 Å². The number of aryl methyl sites for hydroxylation is 1. The zero-order valence-electron chi connectivity index (χ0n) is 28.7. The number of carboxylic acid groups (broad SMARTS) is 1. The van der Waals surface area contributed by atoms with Gasteiger partial charge in [-0.2, -0.15) is 27.1 Å². The van der Waals surface area contributed by atoms with E-state index in [-0.39, 0.29) is 27.7 Å². The van der Waals surface area contributed by atoms with Gasteiger partial charge in [-0.15, -0.1) is 20.5 Å². The lowest BCUT2D eigenvalue weighted by Crippen LogP contribution is -2.03. The number of carboxylic acids is 1. The SMILES string of the molecule is Cc1ccc(N=Nc2c(S(=O)(=O)O)cc3ccc(N=Nc4cc(S(=O)(=O)O)c5cc(S(O)(O)O)c(N=Nc6ccccc6C(=O)O)c(O)c5c4N)cc3c2O)cc1. The number of phenolic OH excluding ortho intramolecular Hbond substituents is 2. The number of nitrogens with zero attached hydrogens (tertiary/aromatic N) is 6. The molecule has 0 aromatic heterocycles. The standard InChI is InChI=1S/C34H27N7O13S3/c1-16-6-9-18(10-7-16)36-40-30-26(56(49,50)51)12-17-8-11-19(13-21(17)32(30)42)37-39-24-15-25(55(46,47)48)22-14-27(57(52,53)54)31(33(43)28(22)29(24)35)41-38-23-5-3-2-4-20(23)34(44)45/h2-15,42-43,52-54H,35H2,1H3,(H,44,45)(H,46,47,48)(H,49,50,51). The molecule has 6 aromatic rings. The van der Waals surface area contributed by atoms with Gasteiger partial charge in [0.15, 0.2) is 11.5 Å². The molecule has 0 bridgehead atoms. The van der Waals surface area contributed by atoms with Crippen molar-refractivity contribution in [3.8, 4) is 11.5 Å². The summed E-state index contributed by atoms with van der Waals surface area (Å²) in [5.74, 6) is -3.25. The second-order valence-corrected chi connectivity index (χ2v) is 16.3. The summed E-state index contributed by atoms with van der Waals surface area (Å²) in [6.45, 7) is 1.83. The average Bonchev–Trinajstić information content (AvgIpc) is 3.13. The van der Waals surface area contributed by atoms with Gasteiger partial charge in [0.25, 0.3) is 20.2 Å². The van der Waals surface area contributed by atoms with Crippen LogP contribution in [-0.2, 0) is 20.2 Å². The molecular formula is C34H27N7O13S3. The second kappa shape index (κ2) is 14.9. The number of nitrogen functional groups attached to an aromatic ring is 1. The van der Waals surface area contributed by atoms with Gasteiger partial charge >= 0.3 is 5.97 Å². The molecule has 57 heavy (non-hydrogen) atoms. The molecule has 0 atom stereocenters. The smallest absolute Gasteiger partial charge is 0.337 e.